The number of hydrogen-bond donors (Lipinski definition) is 2. The summed E-state index contributed by atoms with van der Waals surface area (Å²) in [6.07, 6.45) is 10.2. The third-order valence-electron chi connectivity index (χ3n) is 3.90. The van der Waals surface area contributed by atoms with E-state index in [1.165, 1.54) is 25.7 Å². The minimum atomic E-state index is -0.927. The lowest BCUT2D eigenvalue weighted by Gasteiger charge is -2.06. The molecule has 0 unspecified atom stereocenters. The van der Waals surface area contributed by atoms with E-state index in [0.717, 1.165) is 32.1 Å². The zero-order valence-corrected chi connectivity index (χ0v) is 14.2. The topological polar surface area (TPSA) is 83.8 Å². The minimum Gasteiger partial charge on any atom is -0.494 e. The van der Waals surface area contributed by atoms with E-state index in [1.807, 2.05) is 0 Å². The number of aromatic carboxylic acids is 1. The van der Waals surface area contributed by atoms with Crippen LogP contribution in [-0.4, -0.2) is 28.8 Å². The maximum Gasteiger partial charge on any atom is 0.335 e. The molecule has 134 valence electrons. The second-order valence-corrected chi connectivity index (χ2v) is 6.00. The van der Waals surface area contributed by atoms with Crippen molar-refractivity contribution in [3.63, 3.8) is 0 Å². The van der Waals surface area contributed by atoms with Crippen LogP contribution < -0.4 is 4.74 Å². The summed E-state index contributed by atoms with van der Waals surface area (Å²) in [5.41, 5.74) is 0.269. The van der Waals surface area contributed by atoms with Gasteiger partial charge in [0.2, 0.25) is 0 Å². The monoisotopic (exact) mass is 336 g/mol. The number of carboxylic acid groups (broad SMARTS) is 2. The van der Waals surface area contributed by atoms with Gasteiger partial charge in [0.25, 0.3) is 0 Å². The number of hydrogen-bond acceptors (Lipinski definition) is 3. The molecular weight excluding hydrogens is 308 g/mol. The predicted molar refractivity (Wildman–Crippen MR) is 92.7 cm³/mol. The average molecular weight is 336 g/mol. The fourth-order valence-corrected chi connectivity index (χ4v) is 2.50. The maximum absolute atomic E-state index is 10.7. The Bertz CT molecular complexity index is 481. The van der Waals surface area contributed by atoms with Crippen molar-refractivity contribution >= 4 is 11.9 Å². The van der Waals surface area contributed by atoms with E-state index in [9.17, 15) is 9.59 Å². The summed E-state index contributed by atoms with van der Waals surface area (Å²) in [6.45, 7) is 0.654. The molecule has 5 nitrogen and oxygen atoms in total. The Labute approximate surface area is 143 Å². The number of rotatable bonds is 14. The molecule has 1 rings (SSSR count). The molecule has 0 aliphatic rings. The van der Waals surface area contributed by atoms with E-state index in [0.29, 0.717) is 18.8 Å². The summed E-state index contributed by atoms with van der Waals surface area (Å²) in [5, 5.41) is 17.3. The predicted octanol–water partition coefficient (Wildman–Crippen LogP) is 4.75. The van der Waals surface area contributed by atoms with Crippen LogP contribution in [0.4, 0.5) is 0 Å². The minimum absolute atomic E-state index is 0.269. The Balaban J connectivity index is 1.90. The second kappa shape index (κ2) is 12.4. The van der Waals surface area contributed by atoms with Gasteiger partial charge in [0, 0.05) is 6.42 Å². The molecule has 0 saturated carbocycles. The van der Waals surface area contributed by atoms with Crippen LogP contribution in [-0.2, 0) is 4.79 Å². The van der Waals surface area contributed by atoms with Crippen LogP contribution in [0.15, 0.2) is 24.3 Å². The highest BCUT2D eigenvalue weighted by atomic mass is 16.5. The molecule has 0 heterocycles. The molecule has 0 bridgehead atoms. The molecule has 1 aromatic carbocycles. The van der Waals surface area contributed by atoms with Crippen molar-refractivity contribution in [2.24, 2.45) is 0 Å². The number of aliphatic carboxylic acids is 1. The van der Waals surface area contributed by atoms with E-state index >= 15 is 0 Å². The first-order chi connectivity index (χ1) is 11.6. The van der Waals surface area contributed by atoms with Crippen molar-refractivity contribution in [1.82, 2.24) is 0 Å². The first-order valence-corrected chi connectivity index (χ1v) is 8.77. The molecule has 0 aliphatic heterocycles. The number of benzene rings is 1. The summed E-state index contributed by atoms with van der Waals surface area (Å²) in [6, 6.07) is 6.48. The molecule has 0 fully saturated rings. The third-order valence-corrected chi connectivity index (χ3v) is 3.90. The number of carboxylic acids is 2. The summed E-state index contributed by atoms with van der Waals surface area (Å²) in [5.74, 6) is -0.917. The highest BCUT2D eigenvalue weighted by Gasteiger charge is 2.02. The van der Waals surface area contributed by atoms with E-state index in [1.54, 1.807) is 24.3 Å². The van der Waals surface area contributed by atoms with Crippen molar-refractivity contribution in [2.45, 2.75) is 64.2 Å². The molecule has 0 radical (unpaired) electrons. The Kier molecular flexibility index (Phi) is 10.3. The van der Waals surface area contributed by atoms with E-state index in [2.05, 4.69) is 0 Å². The molecule has 0 aliphatic carbocycles. The van der Waals surface area contributed by atoms with E-state index in [-0.39, 0.29) is 5.56 Å². The average Bonchev–Trinajstić information content (AvgIpc) is 2.56. The summed E-state index contributed by atoms with van der Waals surface area (Å²) >= 11 is 0. The van der Waals surface area contributed by atoms with Crippen molar-refractivity contribution in [3.8, 4) is 5.75 Å². The Morgan fingerprint density at radius 3 is 1.75 bits per heavy atom. The van der Waals surface area contributed by atoms with Crippen LogP contribution in [0.2, 0.25) is 0 Å². The van der Waals surface area contributed by atoms with Gasteiger partial charge in [-0.25, -0.2) is 4.79 Å². The lowest BCUT2D eigenvalue weighted by molar-refractivity contribution is -0.137. The van der Waals surface area contributed by atoms with Gasteiger partial charge in [0.05, 0.1) is 12.2 Å². The first kappa shape index (κ1) is 20.0. The highest BCUT2D eigenvalue weighted by Crippen LogP contribution is 2.14. The molecule has 24 heavy (non-hydrogen) atoms. The number of ether oxygens (including phenoxy) is 1. The van der Waals surface area contributed by atoms with Crippen LogP contribution in [0, 0.1) is 0 Å². The van der Waals surface area contributed by atoms with Gasteiger partial charge in [-0.15, -0.1) is 0 Å². The van der Waals surface area contributed by atoms with Gasteiger partial charge >= 0.3 is 11.9 Å². The zero-order chi connectivity index (χ0) is 17.6. The van der Waals surface area contributed by atoms with Gasteiger partial charge < -0.3 is 14.9 Å². The van der Waals surface area contributed by atoms with Crippen LogP contribution >= 0.6 is 0 Å². The van der Waals surface area contributed by atoms with Gasteiger partial charge in [-0.05, 0) is 37.1 Å². The van der Waals surface area contributed by atoms with Crippen LogP contribution in [0.1, 0.15) is 74.6 Å². The molecule has 5 heteroatoms. The van der Waals surface area contributed by atoms with E-state index in [4.69, 9.17) is 14.9 Å². The van der Waals surface area contributed by atoms with Gasteiger partial charge in [-0.3, -0.25) is 4.79 Å². The molecule has 0 aromatic heterocycles. The first-order valence-electron chi connectivity index (χ1n) is 8.77. The number of carbonyl (C=O) groups is 2. The molecule has 0 saturated heterocycles. The van der Waals surface area contributed by atoms with Gasteiger partial charge in [-0.2, -0.15) is 0 Å². The van der Waals surface area contributed by atoms with Crippen molar-refractivity contribution in [3.05, 3.63) is 29.8 Å². The largest absolute Gasteiger partial charge is 0.494 e. The highest BCUT2D eigenvalue weighted by molar-refractivity contribution is 5.87. The van der Waals surface area contributed by atoms with Crippen LogP contribution in [0.5, 0.6) is 5.75 Å². The van der Waals surface area contributed by atoms with Gasteiger partial charge in [-0.1, -0.05) is 44.9 Å². The van der Waals surface area contributed by atoms with Crippen molar-refractivity contribution < 1.29 is 24.5 Å². The third kappa shape index (κ3) is 9.87. The quantitative estimate of drug-likeness (QED) is 0.479. The molecule has 0 spiro atoms. The molecule has 1 aromatic rings. The SMILES string of the molecule is O=C(O)CCCCCCCCCCCOc1ccc(C(=O)O)cc1. The van der Waals surface area contributed by atoms with E-state index < -0.39 is 11.9 Å². The smallest absolute Gasteiger partial charge is 0.335 e. The van der Waals surface area contributed by atoms with Crippen LogP contribution in [0.25, 0.3) is 0 Å². The second-order valence-electron chi connectivity index (χ2n) is 6.00. The Hall–Kier alpha value is -2.04. The maximum atomic E-state index is 10.7. The van der Waals surface area contributed by atoms with Gasteiger partial charge in [0.15, 0.2) is 0 Å². The molecular formula is C19H28O5. The van der Waals surface area contributed by atoms with Crippen molar-refractivity contribution in [1.29, 1.82) is 0 Å². The molecule has 2 N–H and O–H groups in total. The fraction of sp³-hybridized carbons (Fsp3) is 0.579. The zero-order valence-electron chi connectivity index (χ0n) is 14.2. The molecule has 0 atom stereocenters. The van der Waals surface area contributed by atoms with Gasteiger partial charge in [0.1, 0.15) is 5.75 Å². The Morgan fingerprint density at radius 2 is 1.25 bits per heavy atom. The normalized spacial score (nSPS) is 10.5. The summed E-state index contributed by atoms with van der Waals surface area (Å²) in [4.78, 5) is 21.1. The summed E-state index contributed by atoms with van der Waals surface area (Å²) < 4.78 is 5.59. The standard InChI is InChI=1S/C19H28O5/c20-18(21)10-8-6-4-2-1-3-5-7-9-15-24-17-13-11-16(12-14-17)19(22)23/h11-14H,1-10,15H2,(H,20,21)(H,22,23). The lowest BCUT2D eigenvalue weighted by Crippen LogP contribution is -1.99. The number of unbranched alkanes of at least 4 members (excludes halogenated alkanes) is 8. The fourth-order valence-electron chi connectivity index (χ4n) is 2.50. The molecule has 0 amide bonds. The summed E-state index contributed by atoms with van der Waals surface area (Å²) in [7, 11) is 0. The van der Waals surface area contributed by atoms with Crippen LogP contribution in [0.3, 0.4) is 0 Å². The van der Waals surface area contributed by atoms with Crippen molar-refractivity contribution in [2.75, 3.05) is 6.61 Å². The lowest BCUT2D eigenvalue weighted by atomic mass is 10.1. The Morgan fingerprint density at radius 1 is 0.750 bits per heavy atom.